The molecule has 1 aliphatic heterocycles. The average Bonchev–Trinajstić information content (AvgIpc) is 3.31. The van der Waals surface area contributed by atoms with E-state index in [9.17, 15) is 20.1 Å². The molecule has 5 saturated carbocycles. The lowest BCUT2D eigenvalue weighted by Gasteiger charge is -2.68. The maximum absolute atomic E-state index is 12.7. The van der Waals surface area contributed by atoms with Crippen molar-refractivity contribution in [1.29, 1.82) is 0 Å². The van der Waals surface area contributed by atoms with E-state index in [1.807, 2.05) is 13.8 Å². The van der Waals surface area contributed by atoms with Crippen LogP contribution in [0.1, 0.15) is 106 Å². The van der Waals surface area contributed by atoms with Gasteiger partial charge >= 0.3 is 5.97 Å². The van der Waals surface area contributed by atoms with Crippen LogP contribution in [0.5, 0.6) is 0 Å². The molecular weight excluding hydrogens is 572 g/mol. The van der Waals surface area contributed by atoms with Crippen molar-refractivity contribution in [3.05, 3.63) is 11.6 Å². The third-order valence-electron chi connectivity index (χ3n) is 15.4. The Hall–Kier alpha value is -1.03. The van der Waals surface area contributed by atoms with E-state index in [4.69, 9.17) is 18.9 Å². The zero-order chi connectivity index (χ0) is 33.0. The predicted octanol–water partition coefficient (Wildman–Crippen LogP) is 5.41. The third-order valence-corrected chi connectivity index (χ3v) is 15.4. The van der Waals surface area contributed by atoms with E-state index >= 15 is 0 Å². The summed E-state index contributed by atoms with van der Waals surface area (Å²) in [6, 6.07) is 0. The molecule has 6 fully saturated rings. The van der Waals surface area contributed by atoms with Gasteiger partial charge in [-0.2, -0.15) is 0 Å². The second kappa shape index (κ2) is 11.0. The standard InChI is InChI=1S/C37H60O8/c1-21(2)16-29(40)45-28-12-13-33(5)25-11-14-36-19-37(36,35(25,7)27(39)18-26(33)32(28,3)4)15-10-23(36)22-17-24(44-31(22)42-8)30(41)34(6,20-38)43-9/h16,22-28,30-31,38-39,41H,10-15,17-20H2,1-9H3/t22-,23-,24+,25+,26-,27+,28+,30-,31+,33+,34-,35-,36+,37+/m0/s1. The number of fused-ring (bicyclic) bond motifs is 3. The molecule has 8 heteroatoms. The Bertz CT molecular complexity index is 1190. The maximum Gasteiger partial charge on any atom is 0.330 e. The number of ether oxygens (including phenoxy) is 4. The summed E-state index contributed by atoms with van der Waals surface area (Å²) in [6.45, 7) is 14.7. The number of aliphatic hydroxyl groups is 3. The molecule has 6 rings (SSSR count). The topological polar surface area (TPSA) is 115 Å². The summed E-state index contributed by atoms with van der Waals surface area (Å²) in [6.07, 6.45) is 8.05. The zero-order valence-electron chi connectivity index (χ0n) is 29.2. The highest BCUT2D eigenvalue weighted by Crippen LogP contribution is 2.91. The SMILES string of the molecule is CO[C@@H]1O[C@@H]([C@H](O)[C@](C)(CO)OC)C[C@H]1[C@@H]1CC[C@]23C[C@]12CC[C@@H]1[C@@]2(C)CC[C@@H](OC(=O)C=C(C)C)C(C)(C)[C@@H]2C[C@@H](O)[C@]13C. The van der Waals surface area contributed by atoms with Crippen molar-refractivity contribution in [2.45, 2.75) is 143 Å². The molecule has 0 bridgehead atoms. The minimum atomic E-state index is -1.10. The summed E-state index contributed by atoms with van der Waals surface area (Å²) in [5.74, 6) is 0.965. The number of rotatable bonds is 8. The van der Waals surface area contributed by atoms with Gasteiger partial charge in [0.25, 0.3) is 0 Å². The van der Waals surface area contributed by atoms with Crippen LogP contribution in [0.2, 0.25) is 0 Å². The van der Waals surface area contributed by atoms with Gasteiger partial charge in [0.2, 0.25) is 0 Å². The minimum absolute atomic E-state index is 0.0636. The first-order valence-electron chi connectivity index (χ1n) is 17.6. The van der Waals surface area contributed by atoms with Crippen LogP contribution in [0.25, 0.3) is 0 Å². The minimum Gasteiger partial charge on any atom is -0.459 e. The molecule has 0 aromatic rings. The van der Waals surface area contributed by atoms with Crippen molar-refractivity contribution in [2.24, 2.45) is 50.7 Å². The second-order valence-corrected chi connectivity index (χ2v) is 17.5. The Morgan fingerprint density at radius 1 is 1.04 bits per heavy atom. The lowest BCUT2D eigenvalue weighted by atomic mass is 9.37. The molecule has 5 aliphatic carbocycles. The monoisotopic (exact) mass is 632 g/mol. The number of methoxy groups -OCH3 is 2. The van der Waals surface area contributed by atoms with Gasteiger partial charge in [-0.25, -0.2) is 4.79 Å². The van der Waals surface area contributed by atoms with E-state index in [0.29, 0.717) is 18.3 Å². The zero-order valence-corrected chi connectivity index (χ0v) is 29.2. The summed E-state index contributed by atoms with van der Waals surface area (Å²) in [4.78, 5) is 12.7. The molecule has 0 unspecified atom stereocenters. The van der Waals surface area contributed by atoms with E-state index in [2.05, 4.69) is 27.7 Å². The van der Waals surface area contributed by atoms with Gasteiger partial charge in [-0.05, 0) is 113 Å². The molecule has 14 atom stereocenters. The predicted molar refractivity (Wildman–Crippen MR) is 170 cm³/mol. The fourth-order valence-corrected chi connectivity index (χ4v) is 13.0. The van der Waals surface area contributed by atoms with Crippen molar-refractivity contribution >= 4 is 5.97 Å². The van der Waals surface area contributed by atoms with Crippen LogP contribution < -0.4 is 0 Å². The molecule has 1 saturated heterocycles. The van der Waals surface area contributed by atoms with Crippen molar-refractivity contribution in [2.75, 3.05) is 20.8 Å². The fourth-order valence-electron chi connectivity index (χ4n) is 13.0. The highest BCUT2D eigenvalue weighted by Gasteiger charge is 2.86. The van der Waals surface area contributed by atoms with E-state index in [-0.39, 0.29) is 57.6 Å². The van der Waals surface area contributed by atoms with Gasteiger partial charge in [-0.15, -0.1) is 0 Å². The number of allylic oxidation sites excluding steroid dienone is 1. The summed E-state index contributed by atoms with van der Waals surface area (Å²) in [5, 5.41) is 33.6. The Morgan fingerprint density at radius 3 is 2.38 bits per heavy atom. The Balaban J connectivity index is 1.25. The molecule has 256 valence electrons. The molecule has 3 N–H and O–H groups in total. The smallest absolute Gasteiger partial charge is 0.330 e. The highest BCUT2D eigenvalue weighted by molar-refractivity contribution is 5.82. The van der Waals surface area contributed by atoms with Crippen LogP contribution in [0, 0.1) is 50.7 Å². The molecule has 8 nitrogen and oxygen atoms in total. The largest absolute Gasteiger partial charge is 0.459 e. The summed E-state index contributed by atoms with van der Waals surface area (Å²) in [5.41, 5.74) is -0.260. The summed E-state index contributed by atoms with van der Waals surface area (Å²) >= 11 is 0. The van der Waals surface area contributed by atoms with Crippen molar-refractivity contribution in [3.8, 4) is 0 Å². The molecule has 1 heterocycles. The van der Waals surface area contributed by atoms with E-state index in [1.165, 1.54) is 7.11 Å². The van der Waals surface area contributed by atoms with E-state index in [0.717, 1.165) is 56.9 Å². The lowest BCUT2D eigenvalue weighted by molar-refractivity contribution is -0.245. The molecule has 0 radical (unpaired) electrons. The number of carbonyl (C=O) groups is 1. The van der Waals surface area contributed by atoms with Crippen LogP contribution in [0.4, 0.5) is 0 Å². The number of hydrogen-bond donors (Lipinski definition) is 3. The molecule has 0 spiro atoms. The second-order valence-electron chi connectivity index (χ2n) is 17.5. The van der Waals surface area contributed by atoms with Gasteiger partial charge in [0.05, 0.1) is 18.8 Å². The normalized spacial score (nSPS) is 49.9. The van der Waals surface area contributed by atoms with E-state index in [1.54, 1.807) is 20.1 Å². The Morgan fingerprint density at radius 2 is 1.76 bits per heavy atom. The van der Waals surface area contributed by atoms with Crippen LogP contribution >= 0.6 is 0 Å². The number of hydrogen-bond acceptors (Lipinski definition) is 8. The van der Waals surface area contributed by atoms with Crippen LogP contribution in [0.15, 0.2) is 11.6 Å². The first-order chi connectivity index (χ1) is 21.0. The fraction of sp³-hybridized carbons (Fsp3) is 0.919. The van der Waals surface area contributed by atoms with Gasteiger partial charge < -0.3 is 34.3 Å². The van der Waals surface area contributed by atoms with Gasteiger partial charge in [-0.1, -0.05) is 33.3 Å². The van der Waals surface area contributed by atoms with Crippen molar-refractivity contribution in [3.63, 3.8) is 0 Å². The number of carbonyl (C=O) groups excluding carboxylic acids is 1. The molecule has 0 aromatic carbocycles. The number of esters is 1. The Kier molecular flexibility index (Phi) is 8.27. The van der Waals surface area contributed by atoms with Gasteiger partial charge in [-0.3, -0.25) is 0 Å². The molecule has 0 amide bonds. The lowest BCUT2D eigenvalue weighted by Crippen LogP contribution is -2.66. The first kappa shape index (κ1) is 33.9. The van der Waals surface area contributed by atoms with E-state index < -0.39 is 30.2 Å². The van der Waals surface area contributed by atoms with Crippen LogP contribution in [-0.2, 0) is 23.7 Å². The quantitative estimate of drug-likeness (QED) is 0.241. The molecule has 45 heavy (non-hydrogen) atoms. The van der Waals surface area contributed by atoms with Gasteiger partial charge in [0.1, 0.15) is 17.8 Å². The van der Waals surface area contributed by atoms with Crippen LogP contribution in [0.3, 0.4) is 0 Å². The molecular formula is C37H60O8. The van der Waals surface area contributed by atoms with Gasteiger partial charge in [0, 0.05) is 37.0 Å². The first-order valence-corrected chi connectivity index (χ1v) is 17.6. The molecule has 0 aromatic heterocycles. The summed E-state index contributed by atoms with van der Waals surface area (Å²) in [7, 11) is 3.21. The average molecular weight is 633 g/mol. The summed E-state index contributed by atoms with van der Waals surface area (Å²) < 4.78 is 23.9. The van der Waals surface area contributed by atoms with Crippen molar-refractivity contribution < 1.29 is 39.1 Å². The maximum atomic E-state index is 12.7. The van der Waals surface area contributed by atoms with Crippen LogP contribution in [-0.4, -0.2) is 78.4 Å². The molecule has 6 aliphatic rings. The number of aliphatic hydroxyl groups excluding tert-OH is 3. The third kappa shape index (κ3) is 4.47. The highest BCUT2D eigenvalue weighted by atomic mass is 16.7. The van der Waals surface area contributed by atoms with Crippen molar-refractivity contribution in [1.82, 2.24) is 0 Å². The van der Waals surface area contributed by atoms with Gasteiger partial charge in [0.15, 0.2) is 6.29 Å². The Labute approximate surface area is 270 Å².